The fraction of sp³-hybridized carbons (Fsp3) is 0.235. The van der Waals surface area contributed by atoms with Gasteiger partial charge in [0.25, 0.3) is 0 Å². The predicted molar refractivity (Wildman–Crippen MR) is 335 cm³/mol. The first-order valence-electron chi connectivity index (χ1n) is 24.9. The average Bonchev–Trinajstić information content (AvgIpc) is 3.34. The summed E-state index contributed by atoms with van der Waals surface area (Å²) in [6.45, 7) is 37.2. The summed E-state index contributed by atoms with van der Waals surface area (Å²) in [6, 6.07) is 80.5. The van der Waals surface area contributed by atoms with E-state index in [1.165, 1.54) is 37.9 Å². The molecule has 1 nitrogen and oxygen atoms in total. The summed E-state index contributed by atoms with van der Waals surface area (Å²) in [4.78, 5) is 5.13. The number of halogens is 3. The van der Waals surface area contributed by atoms with E-state index in [4.69, 9.17) is 4.98 Å². The number of benzene rings is 7. The molecular weight excluding hydrogens is 1110 g/mol. The van der Waals surface area contributed by atoms with E-state index in [1.54, 1.807) is 0 Å². The molecule has 0 unspecified atom stereocenters. The molecule has 8 rings (SSSR count). The van der Waals surface area contributed by atoms with Gasteiger partial charge in [-0.3, -0.25) is 4.98 Å². The van der Waals surface area contributed by atoms with Crippen LogP contribution in [-0.4, -0.2) is 39.7 Å². The van der Waals surface area contributed by atoms with Crippen LogP contribution in [0.2, 0.25) is 0 Å². The van der Waals surface area contributed by atoms with Crippen molar-refractivity contribution in [3.05, 3.63) is 292 Å². The van der Waals surface area contributed by atoms with Gasteiger partial charge in [-0.05, 0) is 49.9 Å². The minimum atomic E-state index is -0.630. The van der Waals surface area contributed by atoms with E-state index < -0.39 is 15.8 Å². The average molecular weight is 1190 g/mol. The van der Waals surface area contributed by atoms with E-state index >= 15 is 0 Å². The van der Waals surface area contributed by atoms with E-state index in [0.29, 0.717) is 23.7 Å². The first-order valence-corrected chi connectivity index (χ1v) is 27.9. The molecule has 0 atom stereocenters. The Kier molecular flexibility index (Phi) is 60.6. The second-order valence-corrected chi connectivity index (χ2v) is 22.8. The van der Waals surface area contributed by atoms with E-state index in [2.05, 4.69) is 286 Å². The number of aryl methyl sites for hydroxylation is 3. The number of nitrogens with zero attached hydrogens (tertiary/aromatic N) is 1. The van der Waals surface area contributed by atoms with Gasteiger partial charge < -0.3 is 64.9 Å². The van der Waals surface area contributed by atoms with Crippen LogP contribution in [0.15, 0.2) is 231 Å². The Bertz CT molecular complexity index is 2100. The van der Waals surface area contributed by atoms with E-state index in [1.807, 2.05) is 54.6 Å². The summed E-state index contributed by atoms with van der Waals surface area (Å²) in [7, 11) is -1.15. The Morgan fingerprint density at radius 3 is 0.792 bits per heavy atom. The molecule has 1 heterocycles. The first kappa shape index (κ1) is 85.2. The molecule has 0 bridgehead atoms. The van der Waals surface area contributed by atoms with E-state index in [0.717, 1.165) is 17.5 Å². The van der Waals surface area contributed by atoms with Crippen molar-refractivity contribution >= 4 is 71.8 Å². The second kappa shape index (κ2) is 54.8. The maximum atomic E-state index is 5.13. The Hall–Kier alpha value is -3.11. The van der Waals surface area contributed by atoms with Crippen molar-refractivity contribution in [2.75, 3.05) is 0 Å². The molecule has 9 heteroatoms. The second-order valence-electron chi connectivity index (χ2n) is 18.5. The van der Waals surface area contributed by atoms with Crippen molar-refractivity contribution in [3.8, 4) is 0 Å². The van der Waals surface area contributed by atoms with Crippen LogP contribution in [0.5, 0.6) is 0 Å². The molecule has 0 amide bonds. The standard InChI is InChI=1S/C31H26NP2.3C7H8.4C4H9.2Al.3ClH.Cr/c1-5-16-28(17-6-1)33(29-18-7-2-8-19-29)24-26-14-13-15-27(32-26)25-34(30-20-9-3-10-21-30)31-22-11-4-12-23-31;3*1-7-5-3-2-4-6-7;4*1-4(2)3;;;;;;/h1-24H,25H2;3*2-6H,1H3;4*4H,1H2,2-3H3;;;3*1H;/q-1;;;;4*-1;2*+3;;;;+2/p-3. The smallest absolute Gasteiger partial charge is 1.00 e. The summed E-state index contributed by atoms with van der Waals surface area (Å²) >= 11 is 0. The minimum absolute atomic E-state index is 0. The van der Waals surface area contributed by atoms with Gasteiger partial charge in [-0.2, -0.15) is 35.9 Å². The first-order chi connectivity index (χ1) is 34.0. The summed E-state index contributed by atoms with van der Waals surface area (Å²) < 4.78 is 0. The molecule has 0 spiro atoms. The molecule has 0 aliphatic heterocycles. The number of pyridine rings is 1. The number of aromatic nitrogens is 1. The topological polar surface area (TPSA) is 12.9 Å². The van der Waals surface area contributed by atoms with Gasteiger partial charge in [0.1, 0.15) is 0 Å². The third-order valence-electron chi connectivity index (χ3n) is 8.44. The minimum Gasteiger partial charge on any atom is -1.00 e. The Labute approximate surface area is 525 Å². The fourth-order valence-electron chi connectivity index (χ4n) is 5.58. The third-order valence-corrected chi connectivity index (χ3v) is 13.2. The van der Waals surface area contributed by atoms with Crippen LogP contribution in [-0.2, 0) is 23.5 Å². The van der Waals surface area contributed by atoms with Crippen LogP contribution >= 0.6 is 15.8 Å². The van der Waals surface area contributed by atoms with Gasteiger partial charge in [-0.25, -0.2) is 0 Å². The van der Waals surface area contributed by atoms with Crippen molar-refractivity contribution in [2.45, 2.75) is 82.3 Å². The van der Waals surface area contributed by atoms with E-state index in [9.17, 15) is 0 Å². The molecule has 0 radical (unpaired) electrons. The van der Waals surface area contributed by atoms with Crippen molar-refractivity contribution in [1.82, 2.24) is 4.98 Å². The Morgan fingerprint density at radius 2 is 0.571 bits per heavy atom. The number of hydrogen-bond acceptors (Lipinski definition) is 1. The van der Waals surface area contributed by atoms with Crippen LogP contribution in [0.25, 0.3) is 0 Å². The molecule has 406 valence electrons. The van der Waals surface area contributed by atoms with Crippen molar-refractivity contribution < 1.29 is 54.6 Å². The van der Waals surface area contributed by atoms with Crippen LogP contribution < -0.4 is 58.4 Å². The van der Waals surface area contributed by atoms with Gasteiger partial charge in [0.05, 0.1) is 0 Å². The summed E-state index contributed by atoms with van der Waals surface area (Å²) in [5.74, 6) is 2.33. The van der Waals surface area contributed by atoms with Gasteiger partial charge in [0, 0.05) is 11.9 Å². The van der Waals surface area contributed by atoms with Crippen LogP contribution in [0.1, 0.15) is 83.5 Å². The zero-order valence-corrected chi connectivity index (χ0v) is 55.5. The molecule has 0 saturated carbocycles. The maximum absolute atomic E-state index is 5.13. The normalized spacial score (nSPS) is 9.10. The molecule has 0 aliphatic rings. The van der Waals surface area contributed by atoms with Crippen LogP contribution in [0.3, 0.4) is 0 Å². The molecule has 0 saturated heterocycles. The largest absolute Gasteiger partial charge is 3.00 e. The van der Waals surface area contributed by atoms with Gasteiger partial charge >= 0.3 is 52.1 Å². The number of hydrogen-bond donors (Lipinski definition) is 0. The molecular formula is C68H86Al2Cl3CrNP2. The summed E-state index contributed by atoms with van der Waals surface area (Å²) in [5.41, 5.74) is 6.16. The zero-order chi connectivity index (χ0) is 52.7. The van der Waals surface area contributed by atoms with Crippen molar-refractivity contribution in [2.24, 2.45) is 23.7 Å². The van der Waals surface area contributed by atoms with Crippen LogP contribution in [0, 0.1) is 78.3 Å². The molecule has 1 aromatic heterocycles. The van der Waals surface area contributed by atoms with Crippen LogP contribution in [0.4, 0.5) is 0 Å². The van der Waals surface area contributed by atoms with Gasteiger partial charge in [-0.1, -0.05) is 296 Å². The summed E-state index contributed by atoms with van der Waals surface area (Å²) in [5, 5.41) is 5.45. The Balaban J connectivity index is -0.000000239. The Morgan fingerprint density at radius 1 is 0.351 bits per heavy atom. The van der Waals surface area contributed by atoms with Gasteiger partial charge in [-0.15, -0.1) is 14.0 Å². The fourth-order valence-corrected chi connectivity index (χ4v) is 9.80. The number of rotatable bonds is 8. The van der Waals surface area contributed by atoms with E-state index in [-0.39, 0.29) is 89.3 Å². The SMILES string of the molecule is Cc1ccccc1.Cc1ccccc1.Cc1ccccc1.[Al+3].[Al+3].[CH2-]C(C)C.[CH2-]C(C)C.[CH2-]C(C)C.[CH2-]C(C)C.[Cl-].[Cl-].[Cl-].[Cr+2].c1ccc(P([CH-]c2cccc(CP(c3ccccc3)c3ccccc3)n2)c2ccccc2)cc1. The summed E-state index contributed by atoms with van der Waals surface area (Å²) in [6.07, 6.45) is 3.29. The predicted octanol–water partition coefficient (Wildman–Crippen LogP) is 8.50. The zero-order valence-electron chi connectivity index (χ0n) is 47.9. The molecule has 77 heavy (non-hydrogen) atoms. The molecule has 0 fully saturated rings. The maximum Gasteiger partial charge on any atom is 3.00 e. The third kappa shape index (κ3) is 48.5. The molecule has 8 aromatic rings. The quantitative estimate of drug-likeness (QED) is 0.0846. The molecule has 0 N–H and O–H groups in total. The van der Waals surface area contributed by atoms with Crippen molar-refractivity contribution in [3.63, 3.8) is 0 Å². The monoisotopic (exact) mass is 1190 g/mol. The van der Waals surface area contributed by atoms with Gasteiger partial charge in [0.15, 0.2) is 0 Å². The van der Waals surface area contributed by atoms with Crippen molar-refractivity contribution in [1.29, 1.82) is 0 Å². The molecule has 7 aromatic carbocycles. The van der Waals surface area contributed by atoms with Gasteiger partial charge in [0.2, 0.25) is 0 Å². The molecule has 0 aliphatic carbocycles.